The number of sulfone groups is 1. The Kier molecular flexibility index (Phi) is 5.26. The summed E-state index contributed by atoms with van der Waals surface area (Å²) in [5.41, 5.74) is 0. The summed E-state index contributed by atoms with van der Waals surface area (Å²) >= 11 is 12.3. The van der Waals surface area contributed by atoms with E-state index in [0.29, 0.717) is 0 Å². The number of rotatable bonds is 5. The Balaban J connectivity index is 3.01. The van der Waals surface area contributed by atoms with E-state index in [1.807, 2.05) is 0 Å². The van der Waals surface area contributed by atoms with Crippen LogP contribution < -0.4 is 0 Å². The van der Waals surface area contributed by atoms with Crippen LogP contribution in [0.25, 0.3) is 0 Å². The Hall–Kier alpha value is 0.1000. The molecule has 84 valence electrons. The van der Waals surface area contributed by atoms with Crippen molar-refractivity contribution in [2.75, 3.05) is 11.1 Å². The number of benzene rings is 1. The Morgan fingerprint density at radius 3 is 2.27 bits per heavy atom. The van der Waals surface area contributed by atoms with Crippen LogP contribution in [-0.2, 0) is 9.84 Å². The van der Waals surface area contributed by atoms with Crippen LogP contribution in [0.15, 0.2) is 35.2 Å². The first-order valence-electron chi connectivity index (χ1n) is 4.15. The molecule has 0 saturated carbocycles. The second kappa shape index (κ2) is 5.99. The van der Waals surface area contributed by atoms with Crippen molar-refractivity contribution in [2.45, 2.75) is 9.48 Å². The summed E-state index contributed by atoms with van der Waals surface area (Å²) in [5.74, 6) is 0.0363. The molecule has 0 aliphatic carbocycles. The van der Waals surface area contributed by atoms with Crippen LogP contribution >= 0.6 is 35.0 Å². The first kappa shape index (κ1) is 13.2. The third-order valence-corrected chi connectivity index (χ3v) is 6.47. The minimum Gasteiger partial charge on any atom is -0.222 e. The van der Waals surface area contributed by atoms with Crippen molar-refractivity contribution in [1.29, 1.82) is 0 Å². The molecule has 0 heterocycles. The smallest absolute Gasteiger partial charge is 0.191 e. The first-order chi connectivity index (χ1) is 7.12. The van der Waals surface area contributed by atoms with Gasteiger partial charge in [-0.1, -0.05) is 18.2 Å². The molecule has 1 aromatic rings. The van der Waals surface area contributed by atoms with Gasteiger partial charge in [0.15, 0.2) is 9.84 Å². The molecule has 0 aliphatic heterocycles. The molecule has 0 bridgehead atoms. The molecule has 0 N–H and O–H groups in total. The third kappa shape index (κ3) is 3.28. The van der Waals surface area contributed by atoms with Crippen LogP contribution in [0, 0.1) is 0 Å². The molecular weight excluding hydrogens is 275 g/mol. The van der Waals surface area contributed by atoms with Gasteiger partial charge in [0.2, 0.25) is 0 Å². The van der Waals surface area contributed by atoms with E-state index in [1.54, 1.807) is 30.3 Å². The van der Waals surface area contributed by atoms with E-state index < -0.39 is 14.4 Å². The van der Waals surface area contributed by atoms with Crippen LogP contribution in [0.3, 0.4) is 0 Å². The van der Waals surface area contributed by atoms with Crippen molar-refractivity contribution in [3.05, 3.63) is 30.3 Å². The fraction of sp³-hybridized carbons (Fsp3) is 0.333. The molecule has 0 aromatic heterocycles. The predicted molar refractivity (Wildman–Crippen MR) is 66.4 cm³/mol. The second-order valence-electron chi connectivity index (χ2n) is 2.72. The number of hydrogen-bond donors (Lipinski definition) is 0. The Bertz CT molecular complexity index is 392. The highest BCUT2D eigenvalue weighted by atomic mass is 35.5. The number of hydrogen-bond acceptors (Lipinski definition) is 3. The lowest BCUT2D eigenvalue weighted by atomic mass is 10.4. The SMILES string of the molecule is O=S(=O)(c1ccccc1)C(CCl)SCCl. The first-order valence-corrected chi connectivity index (χ1v) is 7.82. The van der Waals surface area contributed by atoms with E-state index in [-0.39, 0.29) is 16.0 Å². The van der Waals surface area contributed by atoms with Gasteiger partial charge in [-0.25, -0.2) is 8.42 Å². The summed E-state index contributed by atoms with van der Waals surface area (Å²) in [4.78, 5) is 0.285. The molecule has 1 rings (SSSR count). The van der Waals surface area contributed by atoms with E-state index in [9.17, 15) is 8.42 Å². The van der Waals surface area contributed by atoms with Gasteiger partial charge in [-0.3, -0.25) is 0 Å². The maximum Gasteiger partial charge on any atom is 0.191 e. The van der Waals surface area contributed by atoms with E-state index in [1.165, 1.54) is 0 Å². The largest absolute Gasteiger partial charge is 0.222 e. The van der Waals surface area contributed by atoms with Crippen molar-refractivity contribution in [1.82, 2.24) is 0 Å². The molecule has 0 spiro atoms. The van der Waals surface area contributed by atoms with Gasteiger partial charge in [0.05, 0.1) is 10.1 Å². The van der Waals surface area contributed by atoms with Gasteiger partial charge < -0.3 is 0 Å². The lowest BCUT2D eigenvalue weighted by Gasteiger charge is -2.12. The molecule has 1 aromatic carbocycles. The van der Waals surface area contributed by atoms with Gasteiger partial charge in [0.25, 0.3) is 0 Å². The normalized spacial score (nSPS) is 13.7. The molecule has 0 radical (unpaired) electrons. The zero-order valence-electron chi connectivity index (χ0n) is 7.77. The van der Waals surface area contributed by atoms with Gasteiger partial charge in [-0.15, -0.1) is 35.0 Å². The van der Waals surface area contributed by atoms with Crippen molar-refractivity contribution in [2.24, 2.45) is 0 Å². The highest BCUT2D eigenvalue weighted by molar-refractivity contribution is 8.14. The molecule has 0 amide bonds. The third-order valence-electron chi connectivity index (χ3n) is 1.79. The standard InChI is InChI=1S/C9H10Cl2O2S2/c10-6-9(14-7-11)15(12,13)8-4-2-1-3-5-8/h1-5,9H,6-7H2. The van der Waals surface area contributed by atoms with Gasteiger partial charge >= 0.3 is 0 Å². The molecule has 2 nitrogen and oxygen atoms in total. The minimum absolute atomic E-state index is 0.0363. The number of halogens is 2. The number of thioether (sulfide) groups is 1. The van der Waals surface area contributed by atoms with Crippen molar-refractivity contribution < 1.29 is 8.42 Å². The molecule has 15 heavy (non-hydrogen) atoms. The quantitative estimate of drug-likeness (QED) is 0.780. The predicted octanol–water partition coefficient (Wildman–Crippen LogP) is 2.95. The lowest BCUT2D eigenvalue weighted by Crippen LogP contribution is -2.19. The summed E-state index contributed by atoms with van der Waals surface area (Å²) in [5, 5.41) is 0.212. The highest BCUT2D eigenvalue weighted by Crippen LogP contribution is 2.26. The molecule has 0 aliphatic rings. The molecule has 1 atom stereocenters. The van der Waals surface area contributed by atoms with Gasteiger partial charge in [-0.05, 0) is 12.1 Å². The fourth-order valence-electron chi connectivity index (χ4n) is 1.05. The van der Waals surface area contributed by atoms with E-state index in [4.69, 9.17) is 23.2 Å². The number of alkyl halides is 2. The lowest BCUT2D eigenvalue weighted by molar-refractivity contribution is 0.595. The van der Waals surface area contributed by atoms with E-state index in [2.05, 4.69) is 0 Å². The van der Waals surface area contributed by atoms with E-state index >= 15 is 0 Å². The minimum atomic E-state index is -3.37. The van der Waals surface area contributed by atoms with Crippen LogP contribution in [-0.4, -0.2) is 24.1 Å². The molecule has 0 saturated heterocycles. The zero-order chi connectivity index (χ0) is 11.3. The molecule has 1 unspecified atom stereocenters. The van der Waals surface area contributed by atoms with Crippen molar-refractivity contribution in [3.8, 4) is 0 Å². The van der Waals surface area contributed by atoms with Gasteiger partial charge in [0, 0.05) is 5.88 Å². The van der Waals surface area contributed by atoms with Gasteiger partial charge in [0.1, 0.15) is 4.58 Å². The summed E-state index contributed by atoms with van der Waals surface area (Å²) in [6, 6.07) is 8.25. The summed E-state index contributed by atoms with van der Waals surface area (Å²) in [6.45, 7) is 0. The molecule has 6 heteroatoms. The highest BCUT2D eigenvalue weighted by Gasteiger charge is 2.26. The molecule has 0 fully saturated rings. The topological polar surface area (TPSA) is 34.1 Å². The van der Waals surface area contributed by atoms with Crippen LogP contribution in [0.2, 0.25) is 0 Å². The average Bonchev–Trinajstić information content (AvgIpc) is 2.27. The summed E-state index contributed by atoms with van der Waals surface area (Å²) < 4.78 is 23.3. The molecular formula is C9H10Cl2O2S2. The van der Waals surface area contributed by atoms with E-state index in [0.717, 1.165) is 11.8 Å². The van der Waals surface area contributed by atoms with Crippen LogP contribution in [0.5, 0.6) is 0 Å². The van der Waals surface area contributed by atoms with Crippen LogP contribution in [0.4, 0.5) is 0 Å². The van der Waals surface area contributed by atoms with Crippen molar-refractivity contribution in [3.63, 3.8) is 0 Å². The average molecular weight is 285 g/mol. The maximum absolute atomic E-state index is 12.0. The van der Waals surface area contributed by atoms with Crippen LogP contribution in [0.1, 0.15) is 0 Å². The maximum atomic E-state index is 12.0. The Morgan fingerprint density at radius 1 is 1.20 bits per heavy atom. The Labute approximate surface area is 104 Å². The summed E-state index contributed by atoms with van der Waals surface area (Å²) in [6.07, 6.45) is 0. The fourth-order valence-corrected chi connectivity index (χ4v) is 4.98. The Morgan fingerprint density at radius 2 is 1.80 bits per heavy atom. The zero-order valence-corrected chi connectivity index (χ0v) is 10.9. The van der Waals surface area contributed by atoms with Crippen molar-refractivity contribution >= 4 is 44.8 Å². The second-order valence-corrected chi connectivity index (χ2v) is 7.23. The monoisotopic (exact) mass is 284 g/mol. The van der Waals surface area contributed by atoms with Gasteiger partial charge in [-0.2, -0.15) is 0 Å². The summed E-state index contributed by atoms with van der Waals surface area (Å²) in [7, 11) is -3.37.